The number of amides is 1. The zero-order valence-electron chi connectivity index (χ0n) is 8.28. The normalized spacial score (nSPS) is 11.9. The summed E-state index contributed by atoms with van der Waals surface area (Å²) in [7, 11) is 2.66. The molecule has 0 rings (SSSR count). The number of ether oxygens (including phenoxy) is 2. The third-order valence-electron chi connectivity index (χ3n) is 1.54. The summed E-state index contributed by atoms with van der Waals surface area (Å²) in [5.74, 6) is -1.03. The lowest BCUT2D eigenvalue weighted by atomic mass is 10.3. The van der Waals surface area contributed by atoms with Crippen LogP contribution in [0.1, 0.15) is 6.42 Å². The Bertz CT molecular complexity index is 194. The van der Waals surface area contributed by atoms with Crippen LogP contribution in [0.5, 0.6) is 0 Å². The Kier molecular flexibility index (Phi) is 6.69. The minimum atomic E-state index is -0.996. The molecule has 6 nitrogen and oxygen atoms in total. The van der Waals surface area contributed by atoms with E-state index in [4.69, 9.17) is 5.11 Å². The van der Waals surface area contributed by atoms with Crippen molar-refractivity contribution in [1.29, 1.82) is 0 Å². The van der Waals surface area contributed by atoms with E-state index in [9.17, 15) is 9.59 Å². The molecule has 1 unspecified atom stereocenters. The van der Waals surface area contributed by atoms with E-state index in [0.29, 0.717) is 0 Å². The van der Waals surface area contributed by atoms with Gasteiger partial charge in [-0.1, -0.05) is 0 Å². The van der Waals surface area contributed by atoms with Gasteiger partial charge in [0, 0.05) is 13.5 Å². The molecule has 0 saturated carbocycles. The quantitative estimate of drug-likeness (QED) is 0.525. The number of aliphatic hydroxyl groups is 1. The van der Waals surface area contributed by atoms with Gasteiger partial charge in [0.2, 0.25) is 5.91 Å². The van der Waals surface area contributed by atoms with E-state index in [1.807, 2.05) is 0 Å². The Balaban J connectivity index is 3.92. The zero-order chi connectivity index (χ0) is 11.0. The second-order valence-electron chi connectivity index (χ2n) is 2.57. The second-order valence-corrected chi connectivity index (χ2v) is 2.57. The van der Waals surface area contributed by atoms with Crippen molar-refractivity contribution in [3.63, 3.8) is 0 Å². The Morgan fingerprint density at radius 1 is 1.43 bits per heavy atom. The number of aliphatic hydroxyl groups excluding tert-OH is 1. The smallest absolute Gasteiger partial charge is 0.330 e. The van der Waals surface area contributed by atoms with Crippen molar-refractivity contribution >= 4 is 11.9 Å². The lowest BCUT2D eigenvalue weighted by Crippen LogP contribution is -2.44. The lowest BCUT2D eigenvalue weighted by molar-refractivity contribution is -0.146. The Labute approximate surface area is 82.2 Å². The van der Waals surface area contributed by atoms with Gasteiger partial charge in [0.15, 0.2) is 6.04 Å². The summed E-state index contributed by atoms with van der Waals surface area (Å²) in [5, 5.41) is 11.1. The van der Waals surface area contributed by atoms with Crippen molar-refractivity contribution in [2.24, 2.45) is 0 Å². The highest BCUT2D eigenvalue weighted by molar-refractivity contribution is 5.84. The predicted octanol–water partition coefficient (Wildman–Crippen LogP) is -1.33. The summed E-state index contributed by atoms with van der Waals surface area (Å²) in [6.07, 6.45) is 0.143. The molecule has 2 N–H and O–H groups in total. The monoisotopic (exact) mass is 205 g/mol. The maximum atomic E-state index is 11.1. The minimum Gasteiger partial charge on any atom is -0.467 e. The Morgan fingerprint density at radius 3 is 2.50 bits per heavy atom. The SMILES string of the molecule is COCCC(=O)NC(CO)C(=O)OC. The molecule has 0 heterocycles. The molecule has 0 spiro atoms. The second kappa shape index (κ2) is 7.28. The van der Waals surface area contributed by atoms with Gasteiger partial charge in [-0.25, -0.2) is 4.79 Å². The molecule has 0 bridgehead atoms. The number of hydrogen-bond acceptors (Lipinski definition) is 5. The first-order valence-electron chi connectivity index (χ1n) is 4.12. The van der Waals surface area contributed by atoms with Gasteiger partial charge in [0.1, 0.15) is 0 Å². The first-order valence-corrected chi connectivity index (χ1v) is 4.12. The number of esters is 1. The fourth-order valence-electron chi connectivity index (χ4n) is 0.783. The van der Waals surface area contributed by atoms with Crippen molar-refractivity contribution in [1.82, 2.24) is 5.32 Å². The highest BCUT2D eigenvalue weighted by atomic mass is 16.5. The molecule has 0 radical (unpaired) electrons. The molecule has 0 aliphatic carbocycles. The first-order chi connectivity index (χ1) is 6.65. The van der Waals surface area contributed by atoms with E-state index in [-0.39, 0.29) is 18.9 Å². The van der Waals surface area contributed by atoms with Crippen LogP contribution >= 0.6 is 0 Å². The molecule has 6 heteroatoms. The van der Waals surface area contributed by atoms with Crippen LogP contribution in [0.4, 0.5) is 0 Å². The zero-order valence-corrected chi connectivity index (χ0v) is 8.28. The van der Waals surface area contributed by atoms with Crippen molar-refractivity contribution in [2.75, 3.05) is 27.4 Å². The van der Waals surface area contributed by atoms with Crippen LogP contribution in [0.15, 0.2) is 0 Å². The summed E-state index contributed by atoms with van der Waals surface area (Å²) in [4.78, 5) is 22.0. The molecule has 0 aliphatic heterocycles. The van der Waals surface area contributed by atoms with Crippen LogP contribution in [-0.4, -0.2) is 50.5 Å². The van der Waals surface area contributed by atoms with Gasteiger partial charge in [-0.2, -0.15) is 0 Å². The van der Waals surface area contributed by atoms with E-state index in [1.165, 1.54) is 14.2 Å². The lowest BCUT2D eigenvalue weighted by Gasteiger charge is -2.13. The summed E-state index contributed by atoms with van der Waals surface area (Å²) in [6.45, 7) is -0.212. The maximum absolute atomic E-state index is 11.1. The van der Waals surface area contributed by atoms with Crippen LogP contribution in [0.25, 0.3) is 0 Å². The maximum Gasteiger partial charge on any atom is 0.330 e. The number of carbonyl (C=O) groups excluding carboxylic acids is 2. The third kappa shape index (κ3) is 4.78. The van der Waals surface area contributed by atoms with Crippen LogP contribution in [0.3, 0.4) is 0 Å². The summed E-state index contributed by atoms with van der Waals surface area (Å²) >= 11 is 0. The Hall–Kier alpha value is -1.14. The van der Waals surface area contributed by atoms with Gasteiger partial charge in [0.25, 0.3) is 0 Å². The molecular formula is C8H15NO5. The summed E-state index contributed by atoms with van der Waals surface area (Å²) in [5.41, 5.74) is 0. The van der Waals surface area contributed by atoms with Gasteiger partial charge in [-0.3, -0.25) is 4.79 Å². The molecular weight excluding hydrogens is 190 g/mol. The summed E-state index contributed by atoms with van der Waals surface area (Å²) < 4.78 is 9.04. The van der Waals surface area contributed by atoms with Gasteiger partial charge >= 0.3 is 5.97 Å². The minimum absolute atomic E-state index is 0.143. The standard InChI is InChI=1S/C8H15NO5/c1-13-4-3-7(11)9-6(5-10)8(12)14-2/h6,10H,3-5H2,1-2H3,(H,9,11). The van der Waals surface area contributed by atoms with E-state index < -0.39 is 18.6 Å². The predicted molar refractivity (Wildman–Crippen MR) is 47.5 cm³/mol. The van der Waals surface area contributed by atoms with Crippen molar-refractivity contribution in [2.45, 2.75) is 12.5 Å². The summed E-state index contributed by atoms with van der Waals surface area (Å²) in [6, 6.07) is -0.996. The number of methoxy groups -OCH3 is 2. The topological polar surface area (TPSA) is 84.9 Å². The van der Waals surface area contributed by atoms with Gasteiger partial charge < -0.3 is 19.9 Å². The number of nitrogens with one attached hydrogen (secondary N) is 1. The van der Waals surface area contributed by atoms with Crippen molar-refractivity contribution in [3.8, 4) is 0 Å². The third-order valence-corrected chi connectivity index (χ3v) is 1.54. The van der Waals surface area contributed by atoms with Crippen LogP contribution in [0.2, 0.25) is 0 Å². The highest BCUT2D eigenvalue weighted by Gasteiger charge is 2.19. The largest absolute Gasteiger partial charge is 0.467 e. The molecule has 0 aromatic carbocycles. The fraction of sp³-hybridized carbons (Fsp3) is 0.750. The van der Waals surface area contributed by atoms with E-state index >= 15 is 0 Å². The molecule has 1 amide bonds. The molecule has 14 heavy (non-hydrogen) atoms. The van der Waals surface area contributed by atoms with Crippen molar-refractivity contribution in [3.05, 3.63) is 0 Å². The molecule has 0 aliphatic rings. The Morgan fingerprint density at radius 2 is 2.07 bits per heavy atom. The first kappa shape index (κ1) is 12.9. The highest BCUT2D eigenvalue weighted by Crippen LogP contribution is 1.89. The van der Waals surface area contributed by atoms with E-state index in [0.717, 1.165) is 0 Å². The average Bonchev–Trinajstić information content (AvgIpc) is 2.21. The number of rotatable bonds is 6. The van der Waals surface area contributed by atoms with Crippen LogP contribution in [-0.2, 0) is 19.1 Å². The molecule has 0 saturated heterocycles. The molecule has 1 atom stereocenters. The van der Waals surface area contributed by atoms with Gasteiger partial charge in [-0.15, -0.1) is 0 Å². The molecule has 82 valence electrons. The van der Waals surface area contributed by atoms with Crippen molar-refractivity contribution < 1.29 is 24.2 Å². The molecule has 0 fully saturated rings. The molecule has 0 aromatic heterocycles. The fourth-order valence-corrected chi connectivity index (χ4v) is 0.783. The van der Waals surface area contributed by atoms with Gasteiger partial charge in [-0.05, 0) is 0 Å². The van der Waals surface area contributed by atoms with E-state index in [2.05, 4.69) is 14.8 Å². The van der Waals surface area contributed by atoms with E-state index in [1.54, 1.807) is 0 Å². The van der Waals surface area contributed by atoms with Crippen LogP contribution < -0.4 is 5.32 Å². The average molecular weight is 205 g/mol. The number of hydrogen-bond donors (Lipinski definition) is 2. The molecule has 0 aromatic rings. The number of carbonyl (C=O) groups is 2. The van der Waals surface area contributed by atoms with Gasteiger partial charge in [0.05, 0.1) is 20.3 Å². The van der Waals surface area contributed by atoms with Crippen LogP contribution in [0, 0.1) is 0 Å².